The largest absolute Gasteiger partial charge is 0.323 e. The van der Waals surface area contributed by atoms with Crippen LogP contribution in [0.15, 0.2) is 29.4 Å². The second kappa shape index (κ2) is 3.06. The number of hydrogen-bond donors (Lipinski definition) is 1. The van der Waals surface area contributed by atoms with Crippen molar-refractivity contribution in [3.63, 3.8) is 0 Å². The van der Waals surface area contributed by atoms with Crippen molar-refractivity contribution in [2.75, 3.05) is 0 Å². The minimum Gasteiger partial charge on any atom is -0.323 e. The number of nitrogens with zero attached hydrogens (tertiary/aromatic N) is 1. The fourth-order valence-corrected chi connectivity index (χ4v) is 0.812. The van der Waals surface area contributed by atoms with E-state index >= 15 is 0 Å². The molecule has 0 amide bonds. The Hall–Kier alpha value is -1.25. The van der Waals surface area contributed by atoms with E-state index in [4.69, 9.17) is 5.84 Å². The van der Waals surface area contributed by atoms with Crippen LogP contribution < -0.4 is 11.3 Å². The average molecular weight is 132 g/mol. The first-order valence-corrected chi connectivity index (χ1v) is 3.13. The minimum absolute atomic E-state index is 1.07. The predicted molar refractivity (Wildman–Crippen MR) is 46.4 cm³/mol. The maximum Gasteiger partial charge on any atom is 0.140 e. The molecule has 50 valence electrons. The number of hydrogen-bond acceptors (Lipinski definition) is 2. The molecule has 0 heterocycles. The summed E-state index contributed by atoms with van der Waals surface area (Å²) in [4.78, 5) is 0. The number of hydrazone groups is 1. The lowest BCUT2D eigenvalue weighted by Crippen LogP contribution is -2.08. The van der Waals surface area contributed by atoms with Crippen LogP contribution in [0.4, 0.5) is 0 Å². The van der Waals surface area contributed by atoms with Gasteiger partial charge < -0.3 is 5.84 Å². The third-order valence-corrected chi connectivity index (χ3v) is 1.40. The second-order valence-corrected chi connectivity index (χ2v) is 2.13. The van der Waals surface area contributed by atoms with Gasteiger partial charge in [-0.1, -0.05) is 29.7 Å². The molecule has 0 bridgehead atoms. The van der Waals surface area contributed by atoms with E-state index in [9.17, 15) is 0 Å². The van der Waals surface area contributed by atoms with Crippen molar-refractivity contribution in [1.29, 1.82) is 0 Å². The zero-order valence-electron chi connectivity index (χ0n) is 5.91. The van der Waals surface area contributed by atoms with Crippen LogP contribution in [0, 0.1) is 0 Å². The summed E-state index contributed by atoms with van der Waals surface area (Å²) in [5, 5.41) is 3.44. The molecule has 0 saturated carbocycles. The van der Waals surface area contributed by atoms with Gasteiger partial charge in [0.1, 0.15) is 7.85 Å². The van der Waals surface area contributed by atoms with Crippen molar-refractivity contribution >= 4 is 19.5 Å². The predicted octanol–water partition coefficient (Wildman–Crippen LogP) is -0.762. The van der Waals surface area contributed by atoms with Gasteiger partial charge in [0.05, 0.1) is 6.21 Å². The first-order valence-electron chi connectivity index (χ1n) is 3.13. The molecule has 0 radical (unpaired) electrons. The molecular formula is C7H9BN2. The molecule has 1 aromatic rings. The minimum atomic E-state index is 1.07. The molecule has 0 aliphatic rings. The van der Waals surface area contributed by atoms with Gasteiger partial charge in [-0.15, -0.1) is 0 Å². The van der Waals surface area contributed by atoms with Crippen LogP contribution in [0.2, 0.25) is 0 Å². The van der Waals surface area contributed by atoms with E-state index in [0.29, 0.717) is 0 Å². The Bertz CT molecular complexity index is 245. The fraction of sp³-hybridized carbons (Fsp3) is 0. The Balaban J connectivity index is 3.03. The SMILES string of the molecule is Bc1ccccc1/C=N/N. The molecule has 2 N–H and O–H groups in total. The van der Waals surface area contributed by atoms with Crippen molar-refractivity contribution in [3.05, 3.63) is 29.8 Å². The van der Waals surface area contributed by atoms with Gasteiger partial charge in [-0.2, -0.15) is 5.10 Å². The third-order valence-electron chi connectivity index (χ3n) is 1.40. The lowest BCUT2D eigenvalue weighted by Gasteiger charge is -1.95. The monoisotopic (exact) mass is 132 g/mol. The van der Waals surface area contributed by atoms with Crippen LogP contribution in [-0.2, 0) is 0 Å². The van der Waals surface area contributed by atoms with Crippen molar-refractivity contribution in [2.24, 2.45) is 10.9 Å². The van der Waals surface area contributed by atoms with Gasteiger partial charge in [-0.25, -0.2) is 0 Å². The highest BCUT2D eigenvalue weighted by atomic mass is 15.1. The molecule has 1 aromatic carbocycles. The fourth-order valence-electron chi connectivity index (χ4n) is 0.812. The number of benzene rings is 1. The summed E-state index contributed by atoms with van der Waals surface area (Å²) in [5.74, 6) is 5.00. The van der Waals surface area contributed by atoms with Crippen molar-refractivity contribution in [1.82, 2.24) is 0 Å². The molecule has 0 aliphatic carbocycles. The molecule has 0 aliphatic heterocycles. The summed E-state index contributed by atoms with van der Waals surface area (Å²) in [5.41, 5.74) is 2.27. The zero-order valence-corrected chi connectivity index (χ0v) is 5.91. The van der Waals surface area contributed by atoms with Gasteiger partial charge in [-0.3, -0.25) is 0 Å². The second-order valence-electron chi connectivity index (χ2n) is 2.13. The third kappa shape index (κ3) is 1.38. The summed E-state index contributed by atoms with van der Waals surface area (Å²) in [7, 11) is 2.02. The highest BCUT2D eigenvalue weighted by molar-refractivity contribution is 6.35. The molecule has 0 spiro atoms. The Morgan fingerprint density at radius 1 is 1.40 bits per heavy atom. The van der Waals surface area contributed by atoms with E-state index in [1.807, 2.05) is 32.1 Å². The summed E-state index contributed by atoms with van der Waals surface area (Å²) >= 11 is 0. The Labute approximate surface area is 61.2 Å². The molecule has 0 unspecified atom stereocenters. The molecule has 3 heteroatoms. The number of rotatable bonds is 1. The molecule has 1 rings (SSSR count). The van der Waals surface area contributed by atoms with Crippen LogP contribution in [0.25, 0.3) is 0 Å². The van der Waals surface area contributed by atoms with Gasteiger partial charge in [0.15, 0.2) is 0 Å². The molecule has 0 atom stereocenters. The van der Waals surface area contributed by atoms with Gasteiger partial charge in [0.25, 0.3) is 0 Å². The Kier molecular flexibility index (Phi) is 2.10. The van der Waals surface area contributed by atoms with Gasteiger partial charge in [0, 0.05) is 0 Å². The summed E-state index contributed by atoms with van der Waals surface area (Å²) in [6, 6.07) is 7.95. The lowest BCUT2D eigenvalue weighted by molar-refractivity contribution is 1.26. The van der Waals surface area contributed by atoms with Crippen LogP contribution in [0.3, 0.4) is 0 Å². The van der Waals surface area contributed by atoms with Gasteiger partial charge >= 0.3 is 0 Å². The van der Waals surface area contributed by atoms with Crippen molar-refractivity contribution in [3.8, 4) is 0 Å². The maximum atomic E-state index is 5.00. The van der Waals surface area contributed by atoms with Crippen LogP contribution in [-0.4, -0.2) is 14.1 Å². The van der Waals surface area contributed by atoms with Gasteiger partial charge in [0.2, 0.25) is 0 Å². The van der Waals surface area contributed by atoms with E-state index in [0.717, 1.165) is 5.56 Å². The summed E-state index contributed by atoms with van der Waals surface area (Å²) in [6.45, 7) is 0. The van der Waals surface area contributed by atoms with Crippen molar-refractivity contribution < 1.29 is 0 Å². The molecular weight excluding hydrogens is 123 g/mol. The maximum absolute atomic E-state index is 5.00. The molecule has 0 aromatic heterocycles. The lowest BCUT2D eigenvalue weighted by atomic mass is 9.91. The molecule has 0 saturated heterocycles. The number of nitrogens with two attached hydrogens (primary N) is 1. The van der Waals surface area contributed by atoms with Crippen molar-refractivity contribution in [2.45, 2.75) is 0 Å². The van der Waals surface area contributed by atoms with Crippen LogP contribution >= 0.6 is 0 Å². The first-order chi connectivity index (χ1) is 4.84. The van der Waals surface area contributed by atoms with E-state index in [1.54, 1.807) is 6.21 Å². The summed E-state index contributed by atoms with van der Waals surface area (Å²) in [6.07, 6.45) is 1.65. The quantitative estimate of drug-likeness (QED) is 0.232. The van der Waals surface area contributed by atoms with E-state index in [1.165, 1.54) is 5.46 Å². The highest BCUT2D eigenvalue weighted by Crippen LogP contribution is 1.88. The van der Waals surface area contributed by atoms with E-state index in [-0.39, 0.29) is 0 Å². The van der Waals surface area contributed by atoms with Crippen LogP contribution in [0.5, 0.6) is 0 Å². The molecule has 2 nitrogen and oxygen atoms in total. The topological polar surface area (TPSA) is 38.4 Å². The van der Waals surface area contributed by atoms with Gasteiger partial charge in [-0.05, 0) is 5.56 Å². The Morgan fingerprint density at radius 3 is 2.70 bits per heavy atom. The first kappa shape index (κ1) is 6.87. The summed E-state index contributed by atoms with van der Waals surface area (Å²) < 4.78 is 0. The van der Waals surface area contributed by atoms with Crippen LogP contribution in [0.1, 0.15) is 5.56 Å². The van der Waals surface area contributed by atoms with E-state index < -0.39 is 0 Å². The molecule has 0 fully saturated rings. The highest BCUT2D eigenvalue weighted by Gasteiger charge is 1.89. The smallest absolute Gasteiger partial charge is 0.140 e. The standard InChI is InChI=1S/C7H9BN2/c8-7-4-2-1-3-6(7)5-10-9/h1-5H,8-9H2/b10-5+. The normalized spacial score (nSPS) is 10.4. The zero-order chi connectivity index (χ0) is 7.40. The Morgan fingerprint density at radius 2 is 2.10 bits per heavy atom. The van der Waals surface area contributed by atoms with E-state index in [2.05, 4.69) is 5.10 Å². The average Bonchev–Trinajstić information content (AvgIpc) is 1.94. The molecule has 10 heavy (non-hydrogen) atoms.